The smallest absolute Gasteiger partial charge is 0.241 e. The van der Waals surface area contributed by atoms with Gasteiger partial charge >= 0.3 is 0 Å². The molecule has 0 aliphatic carbocycles. The molecule has 0 saturated heterocycles. The first-order chi connectivity index (χ1) is 9.82. The Morgan fingerprint density at radius 1 is 1.33 bits per heavy atom. The summed E-state index contributed by atoms with van der Waals surface area (Å²) in [5, 5.41) is 8.32. The molecule has 1 heterocycles. The van der Waals surface area contributed by atoms with E-state index in [2.05, 4.69) is 10.1 Å². The summed E-state index contributed by atoms with van der Waals surface area (Å²) in [4.78, 5) is 2.97. The molecule has 10 heteroatoms. The number of ether oxygens (including phenoxy) is 1. The van der Waals surface area contributed by atoms with Crippen LogP contribution >= 0.6 is 0 Å². The largest absolute Gasteiger partial charge is 0.482 e. The highest BCUT2D eigenvalue weighted by Crippen LogP contribution is 2.25. The standard InChI is InChI=1S/C11H11F2N3O4S/c1-2-9-15-8(16-20-9)5-19-6-3-4-7(21(14,17)18)11(13)10(6)12/h3-4H,2,5H2,1H3,(H2,14,17,18). The molecular formula is C11H11F2N3O4S. The van der Waals surface area contributed by atoms with Gasteiger partial charge in [-0.2, -0.15) is 9.37 Å². The van der Waals surface area contributed by atoms with Gasteiger partial charge in [0, 0.05) is 6.42 Å². The van der Waals surface area contributed by atoms with Crippen molar-refractivity contribution in [3.63, 3.8) is 0 Å². The average Bonchev–Trinajstić information content (AvgIpc) is 2.87. The summed E-state index contributed by atoms with van der Waals surface area (Å²) in [7, 11) is -4.35. The van der Waals surface area contributed by atoms with Crippen LogP contribution in [0.3, 0.4) is 0 Å². The second kappa shape index (κ2) is 5.74. The van der Waals surface area contributed by atoms with Gasteiger partial charge in [0.25, 0.3) is 0 Å². The molecule has 1 aromatic carbocycles. The molecule has 0 fully saturated rings. The summed E-state index contributed by atoms with van der Waals surface area (Å²) in [6.07, 6.45) is 0.527. The van der Waals surface area contributed by atoms with Crippen LogP contribution in [0.1, 0.15) is 18.6 Å². The number of sulfonamides is 1. The van der Waals surface area contributed by atoms with Crippen molar-refractivity contribution in [1.82, 2.24) is 10.1 Å². The molecule has 114 valence electrons. The summed E-state index contributed by atoms with van der Waals surface area (Å²) >= 11 is 0. The van der Waals surface area contributed by atoms with Crippen LogP contribution in [0.2, 0.25) is 0 Å². The van der Waals surface area contributed by atoms with Crippen LogP contribution in [-0.2, 0) is 23.1 Å². The molecule has 0 atom stereocenters. The fourth-order valence-corrected chi connectivity index (χ4v) is 2.08. The second-order valence-corrected chi connectivity index (χ2v) is 5.51. The normalized spacial score (nSPS) is 11.6. The highest BCUT2D eigenvalue weighted by atomic mass is 32.2. The Hall–Kier alpha value is -2.07. The first-order valence-electron chi connectivity index (χ1n) is 5.78. The maximum Gasteiger partial charge on any atom is 0.241 e. The van der Waals surface area contributed by atoms with Crippen molar-refractivity contribution < 1.29 is 26.5 Å². The van der Waals surface area contributed by atoms with Gasteiger partial charge in [-0.3, -0.25) is 0 Å². The number of hydrogen-bond donors (Lipinski definition) is 1. The van der Waals surface area contributed by atoms with Gasteiger partial charge in [-0.15, -0.1) is 0 Å². The fraction of sp³-hybridized carbons (Fsp3) is 0.273. The number of hydrogen-bond acceptors (Lipinski definition) is 6. The lowest BCUT2D eigenvalue weighted by Gasteiger charge is -2.07. The monoisotopic (exact) mass is 319 g/mol. The number of nitrogens with zero attached hydrogens (tertiary/aromatic N) is 2. The lowest BCUT2D eigenvalue weighted by Crippen LogP contribution is -2.15. The quantitative estimate of drug-likeness (QED) is 0.885. The van der Waals surface area contributed by atoms with Crippen molar-refractivity contribution in [3.8, 4) is 5.75 Å². The summed E-state index contributed by atoms with van der Waals surface area (Å²) < 4.78 is 59.1. The van der Waals surface area contributed by atoms with E-state index in [1.54, 1.807) is 6.92 Å². The van der Waals surface area contributed by atoms with E-state index < -0.39 is 32.3 Å². The minimum absolute atomic E-state index is 0.155. The van der Waals surface area contributed by atoms with E-state index in [1.165, 1.54) is 0 Å². The summed E-state index contributed by atoms with van der Waals surface area (Å²) in [5.41, 5.74) is 0. The molecule has 0 aliphatic heterocycles. The molecule has 0 aliphatic rings. The van der Waals surface area contributed by atoms with Crippen LogP contribution in [0, 0.1) is 11.6 Å². The van der Waals surface area contributed by atoms with Gasteiger partial charge in [0.2, 0.25) is 27.6 Å². The minimum atomic E-state index is -4.35. The van der Waals surface area contributed by atoms with Gasteiger partial charge in [0.1, 0.15) is 4.90 Å². The lowest BCUT2D eigenvalue weighted by atomic mass is 10.3. The zero-order valence-electron chi connectivity index (χ0n) is 10.8. The zero-order valence-corrected chi connectivity index (χ0v) is 11.7. The highest BCUT2D eigenvalue weighted by Gasteiger charge is 2.21. The summed E-state index contributed by atoms with van der Waals surface area (Å²) in [5.74, 6) is -3.01. The molecule has 0 spiro atoms. The Bertz CT molecular complexity index is 761. The minimum Gasteiger partial charge on any atom is -0.482 e. The van der Waals surface area contributed by atoms with Gasteiger partial charge in [0.15, 0.2) is 18.2 Å². The molecule has 0 unspecified atom stereocenters. The van der Waals surface area contributed by atoms with E-state index >= 15 is 0 Å². The first-order valence-corrected chi connectivity index (χ1v) is 7.32. The first kappa shape index (κ1) is 15.3. The van der Waals surface area contributed by atoms with Crippen molar-refractivity contribution in [3.05, 3.63) is 35.5 Å². The van der Waals surface area contributed by atoms with Crippen LogP contribution in [0.4, 0.5) is 8.78 Å². The van der Waals surface area contributed by atoms with Gasteiger partial charge in [-0.25, -0.2) is 17.9 Å². The summed E-state index contributed by atoms with van der Waals surface area (Å²) in [6.45, 7) is 1.55. The van der Waals surface area contributed by atoms with Crippen LogP contribution in [-0.4, -0.2) is 18.6 Å². The zero-order chi connectivity index (χ0) is 15.6. The van der Waals surface area contributed by atoms with Gasteiger partial charge in [0.05, 0.1) is 0 Å². The maximum absolute atomic E-state index is 13.7. The van der Waals surface area contributed by atoms with Crippen molar-refractivity contribution >= 4 is 10.0 Å². The highest BCUT2D eigenvalue weighted by molar-refractivity contribution is 7.89. The van der Waals surface area contributed by atoms with E-state index in [0.717, 1.165) is 12.1 Å². The molecule has 0 saturated carbocycles. The number of halogens is 2. The third-order valence-corrected chi connectivity index (χ3v) is 3.42. The van der Waals surface area contributed by atoms with Gasteiger partial charge in [-0.1, -0.05) is 12.1 Å². The lowest BCUT2D eigenvalue weighted by molar-refractivity contribution is 0.267. The van der Waals surface area contributed by atoms with Crippen LogP contribution in [0.5, 0.6) is 5.75 Å². The molecule has 0 amide bonds. The molecule has 2 rings (SSSR count). The van der Waals surface area contributed by atoms with Gasteiger partial charge < -0.3 is 9.26 Å². The number of benzene rings is 1. The Labute approximate surface area is 118 Å². The van der Waals surface area contributed by atoms with E-state index in [4.69, 9.17) is 14.4 Å². The van der Waals surface area contributed by atoms with Crippen molar-refractivity contribution in [2.75, 3.05) is 0 Å². The van der Waals surface area contributed by atoms with E-state index in [9.17, 15) is 17.2 Å². The van der Waals surface area contributed by atoms with Gasteiger partial charge in [-0.05, 0) is 12.1 Å². The van der Waals surface area contributed by atoms with Crippen molar-refractivity contribution in [2.45, 2.75) is 24.8 Å². The van der Waals surface area contributed by atoms with Crippen LogP contribution < -0.4 is 9.88 Å². The molecule has 21 heavy (non-hydrogen) atoms. The third-order valence-electron chi connectivity index (χ3n) is 2.49. The van der Waals surface area contributed by atoms with Crippen LogP contribution in [0.15, 0.2) is 21.6 Å². The Morgan fingerprint density at radius 3 is 2.62 bits per heavy atom. The summed E-state index contributed by atoms with van der Waals surface area (Å²) in [6, 6.07) is 1.77. The van der Waals surface area contributed by atoms with E-state index in [0.29, 0.717) is 12.3 Å². The second-order valence-electron chi connectivity index (χ2n) is 3.98. The Morgan fingerprint density at radius 2 is 2.05 bits per heavy atom. The number of primary sulfonamides is 1. The van der Waals surface area contributed by atoms with Crippen molar-refractivity contribution in [2.24, 2.45) is 5.14 Å². The molecule has 7 nitrogen and oxygen atoms in total. The number of aromatic nitrogens is 2. The predicted molar refractivity (Wildman–Crippen MR) is 65.7 cm³/mol. The molecule has 0 radical (unpaired) electrons. The van der Waals surface area contributed by atoms with Crippen LogP contribution in [0.25, 0.3) is 0 Å². The third kappa shape index (κ3) is 3.34. The SMILES string of the molecule is CCc1nc(COc2ccc(S(N)(=O)=O)c(F)c2F)no1. The van der Waals surface area contributed by atoms with Crippen molar-refractivity contribution in [1.29, 1.82) is 0 Å². The topological polar surface area (TPSA) is 108 Å². The molecular weight excluding hydrogens is 308 g/mol. The fourth-order valence-electron chi connectivity index (χ4n) is 1.48. The number of aryl methyl sites for hydroxylation is 1. The molecule has 2 aromatic rings. The average molecular weight is 319 g/mol. The van der Waals surface area contributed by atoms with E-state index in [-0.39, 0.29) is 12.4 Å². The number of nitrogens with two attached hydrogens (primary N) is 1. The molecule has 1 aromatic heterocycles. The maximum atomic E-state index is 13.7. The van der Waals surface area contributed by atoms with E-state index in [1.807, 2.05) is 0 Å². The Kier molecular flexibility index (Phi) is 4.19. The molecule has 0 bridgehead atoms. The predicted octanol–water partition coefficient (Wildman–Crippen LogP) is 1.14. The molecule has 2 N–H and O–H groups in total. The number of rotatable bonds is 5. The Balaban J connectivity index is 2.20.